The van der Waals surface area contributed by atoms with E-state index in [9.17, 15) is 13.2 Å². The quantitative estimate of drug-likeness (QED) is 0.645. The second-order valence-corrected chi connectivity index (χ2v) is 9.16. The van der Waals surface area contributed by atoms with E-state index in [0.29, 0.717) is 11.3 Å². The van der Waals surface area contributed by atoms with Crippen LogP contribution in [0.25, 0.3) is 0 Å². The summed E-state index contributed by atoms with van der Waals surface area (Å²) < 4.78 is 27.7. The van der Waals surface area contributed by atoms with Crippen molar-refractivity contribution in [3.63, 3.8) is 0 Å². The Labute approximate surface area is 177 Å². The van der Waals surface area contributed by atoms with Gasteiger partial charge in [0.1, 0.15) is 0 Å². The van der Waals surface area contributed by atoms with E-state index in [-0.39, 0.29) is 16.8 Å². The number of anilines is 1. The molecular weight excluding hydrogens is 396 g/mol. The van der Waals surface area contributed by atoms with Gasteiger partial charge < -0.3 is 4.90 Å². The Balaban J connectivity index is 1.47. The van der Waals surface area contributed by atoms with Crippen LogP contribution in [0.15, 0.2) is 89.8 Å². The molecule has 1 amide bonds. The van der Waals surface area contributed by atoms with Gasteiger partial charge in [0.15, 0.2) is 0 Å². The van der Waals surface area contributed by atoms with Crippen LogP contribution in [0, 0.1) is 0 Å². The molecule has 1 aliphatic rings. The molecule has 0 aromatic heterocycles. The molecule has 0 spiro atoms. The molecule has 3 aromatic rings. The highest BCUT2D eigenvalue weighted by molar-refractivity contribution is 7.92. The predicted octanol–water partition coefficient (Wildman–Crippen LogP) is 4.33. The van der Waals surface area contributed by atoms with Crippen molar-refractivity contribution >= 4 is 21.6 Å². The minimum Gasteiger partial charge on any atom is -0.335 e. The maximum Gasteiger partial charge on any atom is 0.261 e. The molecule has 0 unspecified atom stereocenters. The Morgan fingerprint density at radius 2 is 1.53 bits per heavy atom. The summed E-state index contributed by atoms with van der Waals surface area (Å²) in [5.74, 6) is -0.0478. The fraction of sp³-hybridized carbons (Fsp3) is 0.208. The van der Waals surface area contributed by atoms with Crippen molar-refractivity contribution in [3.05, 3.63) is 96.1 Å². The lowest BCUT2D eigenvalue weighted by molar-refractivity contribution is 0.0736. The largest absolute Gasteiger partial charge is 0.335 e. The molecule has 0 aliphatic carbocycles. The van der Waals surface area contributed by atoms with Crippen LogP contribution in [-0.2, 0) is 16.4 Å². The van der Waals surface area contributed by atoms with E-state index in [0.717, 1.165) is 25.8 Å². The zero-order chi connectivity index (χ0) is 21.0. The van der Waals surface area contributed by atoms with Gasteiger partial charge in [-0.3, -0.25) is 9.52 Å². The number of benzene rings is 3. The maximum atomic E-state index is 13.1. The van der Waals surface area contributed by atoms with Gasteiger partial charge in [0.2, 0.25) is 0 Å². The fourth-order valence-corrected chi connectivity index (χ4v) is 4.92. The second-order valence-electron chi connectivity index (χ2n) is 7.48. The lowest BCUT2D eigenvalue weighted by Gasteiger charge is -2.25. The monoisotopic (exact) mass is 420 g/mol. The normalized spacial score (nSPS) is 16.4. The summed E-state index contributed by atoms with van der Waals surface area (Å²) >= 11 is 0. The van der Waals surface area contributed by atoms with E-state index >= 15 is 0 Å². The first-order chi connectivity index (χ1) is 14.5. The third-order valence-electron chi connectivity index (χ3n) is 5.39. The fourth-order valence-electron chi connectivity index (χ4n) is 3.86. The zero-order valence-corrected chi connectivity index (χ0v) is 17.4. The maximum absolute atomic E-state index is 13.1. The summed E-state index contributed by atoms with van der Waals surface area (Å²) in [5, 5.41) is 0. The molecule has 1 N–H and O–H groups in total. The molecule has 1 fully saturated rings. The minimum absolute atomic E-state index is 0.0478. The number of sulfonamides is 1. The molecule has 0 saturated carbocycles. The van der Waals surface area contributed by atoms with E-state index < -0.39 is 10.0 Å². The van der Waals surface area contributed by atoms with Crippen LogP contribution in [0.2, 0.25) is 0 Å². The Kier molecular flexibility index (Phi) is 5.86. The first kappa shape index (κ1) is 20.2. The molecule has 3 aromatic carbocycles. The molecule has 5 nitrogen and oxygen atoms in total. The highest BCUT2D eigenvalue weighted by atomic mass is 32.2. The van der Waals surface area contributed by atoms with E-state index in [1.54, 1.807) is 36.4 Å². The van der Waals surface area contributed by atoms with Gasteiger partial charge in [-0.05, 0) is 61.2 Å². The van der Waals surface area contributed by atoms with Gasteiger partial charge in [0, 0.05) is 23.8 Å². The van der Waals surface area contributed by atoms with E-state index in [1.165, 1.54) is 17.7 Å². The topological polar surface area (TPSA) is 66.5 Å². The van der Waals surface area contributed by atoms with E-state index in [4.69, 9.17) is 0 Å². The second kappa shape index (κ2) is 8.71. The molecule has 0 bridgehead atoms. The molecule has 0 radical (unpaired) electrons. The summed E-state index contributed by atoms with van der Waals surface area (Å²) in [6, 6.07) is 25.3. The van der Waals surface area contributed by atoms with Crippen molar-refractivity contribution < 1.29 is 13.2 Å². The van der Waals surface area contributed by atoms with Gasteiger partial charge in [0.25, 0.3) is 15.9 Å². The predicted molar refractivity (Wildman–Crippen MR) is 118 cm³/mol. The number of hydrogen-bond acceptors (Lipinski definition) is 3. The number of carbonyl (C=O) groups is 1. The molecule has 6 heteroatoms. The Morgan fingerprint density at radius 3 is 2.20 bits per heavy atom. The van der Waals surface area contributed by atoms with Crippen molar-refractivity contribution in [3.8, 4) is 0 Å². The van der Waals surface area contributed by atoms with Crippen molar-refractivity contribution in [2.24, 2.45) is 0 Å². The third kappa shape index (κ3) is 4.54. The number of amides is 1. The van der Waals surface area contributed by atoms with Crippen LogP contribution in [0.5, 0.6) is 0 Å². The Morgan fingerprint density at radius 1 is 0.900 bits per heavy atom. The van der Waals surface area contributed by atoms with Gasteiger partial charge >= 0.3 is 0 Å². The van der Waals surface area contributed by atoms with Gasteiger partial charge in [-0.2, -0.15) is 0 Å². The first-order valence-corrected chi connectivity index (χ1v) is 11.5. The highest BCUT2D eigenvalue weighted by Crippen LogP contribution is 2.24. The molecule has 1 aliphatic heterocycles. The Bertz CT molecular complexity index is 1100. The number of carbonyl (C=O) groups excluding carboxylic acids is 1. The number of likely N-dealkylation sites (tertiary alicyclic amines) is 1. The summed E-state index contributed by atoms with van der Waals surface area (Å²) in [4.78, 5) is 15.1. The number of nitrogens with zero attached hydrogens (tertiary/aromatic N) is 1. The minimum atomic E-state index is -3.70. The van der Waals surface area contributed by atoms with Crippen LogP contribution in [-0.4, -0.2) is 31.8 Å². The van der Waals surface area contributed by atoms with Crippen LogP contribution >= 0.6 is 0 Å². The first-order valence-electron chi connectivity index (χ1n) is 10.1. The molecule has 30 heavy (non-hydrogen) atoms. The van der Waals surface area contributed by atoms with Gasteiger partial charge in [-0.25, -0.2) is 8.42 Å². The van der Waals surface area contributed by atoms with Crippen LogP contribution < -0.4 is 4.72 Å². The number of para-hydroxylation sites is 1. The van der Waals surface area contributed by atoms with Crippen LogP contribution in [0.1, 0.15) is 28.8 Å². The lowest BCUT2D eigenvalue weighted by Crippen LogP contribution is -2.36. The van der Waals surface area contributed by atoms with E-state index in [2.05, 4.69) is 16.9 Å². The van der Waals surface area contributed by atoms with Gasteiger partial charge in [-0.1, -0.05) is 48.5 Å². The SMILES string of the molecule is O=C(c1ccc(S(=O)(=O)Nc2ccccc2)cc1)N1CCC[C@H]1Cc1ccccc1. The molecule has 154 valence electrons. The molecule has 1 heterocycles. The Hall–Kier alpha value is -3.12. The highest BCUT2D eigenvalue weighted by Gasteiger charge is 2.29. The average molecular weight is 421 g/mol. The number of nitrogens with one attached hydrogen (secondary N) is 1. The van der Waals surface area contributed by atoms with Gasteiger partial charge in [-0.15, -0.1) is 0 Å². The number of hydrogen-bond donors (Lipinski definition) is 1. The van der Waals surface area contributed by atoms with Crippen LogP contribution in [0.4, 0.5) is 5.69 Å². The molecule has 1 atom stereocenters. The number of rotatable bonds is 6. The summed E-state index contributed by atoms with van der Waals surface area (Å²) in [7, 11) is -3.70. The summed E-state index contributed by atoms with van der Waals surface area (Å²) in [6.45, 7) is 0.728. The van der Waals surface area contributed by atoms with E-state index in [1.807, 2.05) is 29.2 Å². The standard InChI is InChI=1S/C24H24N2O3S/c27-24(26-17-7-12-22(26)18-19-8-3-1-4-9-19)20-13-15-23(16-14-20)30(28,29)25-21-10-5-2-6-11-21/h1-6,8-11,13-16,22,25H,7,12,17-18H2/t22-/m0/s1. The van der Waals surface area contributed by atoms with Crippen molar-refractivity contribution in [2.45, 2.75) is 30.2 Å². The average Bonchev–Trinajstić information content (AvgIpc) is 3.22. The van der Waals surface area contributed by atoms with Crippen molar-refractivity contribution in [1.29, 1.82) is 0 Å². The van der Waals surface area contributed by atoms with Gasteiger partial charge in [0.05, 0.1) is 4.90 Å². The van der Waals surface area contributed by atoms with Crippen molar-refractivity contribution in [2.75, 3.05) is 11.3 Å². The summed E-state index contributed by atoms with van der Waals surface area (Å²) in [5.41, 5.74) is 2.22. The molecular formula is C24H24N2O3S. The van der Waals surface area contributed by atoms with Crippen LogP contribution in [0.3, 0.4) is 0 Å². The summed E-state index contributed by atoms with van der Waals surface area (Å²) in [6.07, 6.45) is 2.80. The zero-order valence-electron chi connectivity index (χ0n) is 16.6. The lowest BCUT2D eigenvalue weighted by atomic mass is 10.0. The van der Waals surface area contributed by atoms with Crippen molar-refractivity contribution in [1.82, 2.24) is 4.90 Å². The third-order valence-corrected chi connectivity index (χ3v) is 6.79. The molecule has 1 saturated heterocycles. The molecule has 4 rings (SSSR count). The smallest absolute Gasteiger partial charge is 0.261 e.